The standard InChI is InChI=1S/C30H46N2O4/c1-2-3-12-21-35-22-13-14-23-36-28-24-31-30(32-25-28)27-19-17-26(18-20-27)15-10-8-6-4-5-7-9-11-16-29(33)34/h17-20,24-25H,2-16,21-23H2,1H3,(H,33,34). The van der Waals surface area contributed by atoms with Gasteiger partial charge in [-0.3, -0.25) is 4.79 Å². The van der Waals surface area contributed by atoms with Crippen LogP contribution in [0.2, 0.25) is 0 Å². The molecule has 2 rings (SSSR count). The number of hydrogen-bond donors (Lipinski definition) is 1. The number of ether oxygens (including phenoxy) is 2. The Morgan fingerprint density at radius 2 is 1.33 bits per heavy atom. The fourth-order valence-corrected chi connectivity index (χ4v) is 4.08. The Labute approximate surface area is 217 Å². The van der Waals surface area contributed by atoms with Crippen molar-refractivity contribution in [3.63, 3.8) is 0 Å². The van der Waals surface area contributed by atoms with E-state index in [0.717, 1.165) is 69.5 Å². The summed E-state index contributed by atoms with van der Waals surface area (Å²) in [5, 5.41) is 8.64. The molecule has 0 atom stereocenters. The Balaban J connectivity index is 1.54. The maximum Gasteiger partial charge on any atom is 0.303 e. The molecule has 0 amide bonds. The molecule has 0 aliphatic rings. The average molecular weight is 499 g/mol. The minimum absolute atomic E-state index is 0.306. The molecule has 0 bridgehead atoms. The van der Waals surface area contributed by atoms with Gasteiger partial charge in [0.15, 0.2) is 11.6 Å². The average Bonchev–Trinajstić information content (AvgIpc) is 2.89. The van der Waals surface area contributed by atoms with Crippen LogP contribution in [-0.2, 0) is 16.0 Å². The highest BCUT2D eigenvalue weighted by atomic mass is 16.5. The summed E-state index contributed by atoms with van der Waals surface area (Å²) in [7, 11) is 0. The van der Waals surface area contributed by atoms with Gasteiger partial charge in [-0.05, 0) is 44.1 Å². The van der Waals surface area contributed by atoms with Gasteiger partial charge < -0.3 is 14.6 Å². The van der Waals surface area contributed by atoms with Crippen LogP contribution < -0.4 is 4.74 Å². The van der Waals surface area contributed by atoms with Crippen molar-refractivity contribution in [2.24, 2.45) is 0 Å². The normalized spacial score (nSPS) is 11.0. The van der Waals surface area contributed by atoms with Gasteiger partial charge >= 0.3 is 5.97 Å². The third kappa shape index (κ3) is 14.2. The van der Waals surface area contributed by atoms with E-state index in [4.69, 9.17) is 14.6 Å². The van der Waals surface area contributed by atoms with Crippen LogP contribution >= 0.6 is 0 Å². The van der Waals surface area contributed by atoms with E-state index in [9.17, 15) is 4.79 Å². The number of rotatable bonds is 22. The molecule has 200 valence electrons. The predicted molar refractivity (Wildman–Crippen MR) is 145 cm³/mol. The highest BCUT2D eigenvalue weighted by Crippen LogP contribution is 2.19. The van der Waals surface area contributed by atoms with Crippen LogP contribution in [0.1, 0.15) is 102 Å². The van der Waals surface area contributed by atoms with Crippen LogP contribution in [0.15, 0.2) is 36.7 Å². The maximum absolute atomic E-state index is 10.5. The molecule has 0 spiro atoms. The zero-order chi connectivity index (χ0) is 25.7. The molecular weight excluding hydrogens is 452 g/mol. The summed E-state index contributed by atoms with van der Waals surface area (Å²) in [6.07, 6.45) is 19.7. The number of aliphatic carboxylic acids is 1. The molecular formula is C30H46N2O4. The van der Waals surface area contributed by atoms with Crippen molar-refractivity contribution in [1.29, 1.82) is 0 Å². The van der Waals surface area contributed by atoms with E-state index in [1.807, 2.05) is 0 Å². The lowest BCUT2D eigenvalue weighted by Crippen LogP contribution is -2.02. The van der Waals surface area contributed by atoms with Gasteiger partial charge in [0.1, 0.15) is 0 Å². The molecule has 6 nitrogen and oxygen atoms in total. The SMILES string of the molecule is CCCCCOCCCCOc1cnc(-c2ccc(CCCCCCCCCCC(=O)O)cc2)nc1. The molecule has 2 aromatic rings. The first-order chi connectivity index (χ1) is 17.7. The van der Waals surface area contributed by atoms with Gasteiger partial charge in [0.05, 0.1) is 19.0 Å². The van der Waals surface area contributed by atoms with Gasteiger partial charge in [-0.15, -0.1) is 0 Å². The number of hydrogen-bond acceptors (Lipinski definition) is 5. The Morgan fingerprint density at radius 3 is 1.97 bits per heavy atom. The van der Waals surface area contributed by atoms with Gasteiger partial charge in [-0.2, -0.15) is 0 Å². The summed E-state index contributed by atoms with van der Waals surface area (Å²) in [5.41, 5.74) is 2.37. The zero-order valence-corrected chi connectivity index (χ0v) is 22.3. The first kappa shape index (κ1) is 29.8. The summed E-state index contributed by atoms with van der Waals surface area (Å²) < 4.78 is 11.4. The summed E-state index contributed by atoms with van der Waals surface area (Å²) in [4.78, 5) is 19.4. The first-order valence-corrected chi connectivity index (χ1v) is 14.0. The molecule has 0 radical (unpaired) electrons. The molecule has 36 heavy (non-hydrogen) atoms. The molecule has 0 saturated carbocycles. The Hall–Kier alpha value is -2.47. The van der Waals surface area contributed by atoms with Crippen LogP contribution in [0, 0.1) is 0 Å². The summed E-state index contributed by atoms with van der Waals surface area (Å²) in [6, 6.07) is 8.55. The second-order valence-electron chi connectivity index (χ2n) is 9.54. The second-order valence-corrected chi connectivity index (χ2v) is 9.54. The zero-order valence-electron chi connectivity index (χ0n) is 22.3. The molecule has 0 fully saturated rings. The molecule has 1 heterocycles. The van der Waals surface area contributed by atoms with Crippen LogP contribution in [-0.4, -0.2) is 40.9 Å². The van der Waals surface area contributed by atoms with Gasteiger partial charge in [-0.25, -0.2) is 9.97 Å². The van der Waals surface area contributed by atoms with E-state index in [1.54, 1.807) is 12.4 Å². The highest BCUT2D eigenvalue weighted by Gasteiger charge is 2.03. The van der Waals surface area contributed by atoms with Crippen molar-refractivity contribution >= 4 is 5.97 Å². The highest BCUT2D eigenvalue weighted by molar-refractivity contribution is 5.66. The Bertz CT molecular complexity index is 809. The summed E-state index contributed by atoms with van der Waals surface area (Å²) in [5.74, 6) is 0.747. The number of nitrogens with zero attached hydrogens (tertiary/aromatic N) is 2. The van der Waals surface area contributed by atoms with Crippen molar-refractivity contribution in [2.75, 3.05) is 19.8 Å². The van der Waals surface area contributed by atoms with Crippen molar-refractivity contribution in [1.82, 2.24) is 9.97 Å². The Morgan fingerprint density at radius 1 is 0.750 bits per heavy atom. The fraction of sp³-hybridized carbons (Fsp3) is 0.633. The minimum Gasteiger partial charge on any atom is -0.490 e. The summed E-state index contributed by atoms with van der Waals surface area (Å²) in [6.45, 7) is 4.53. The fourth-order valence-electron chi connectivity index (χ4n) is 4.08. The van der Waals surface area contributed by atoms with Crippen molar-refractivity contribution in [3.8, 4) is 17.1 Å². The molecule has 1 aromatic carbocycles. The number of aromatic nitrogens is 2. The molecule has 6 heteroatoms. The lowest BCUT2D eigenvalue weighted by atomic mass is 10.0. The lowest BCUT2D eigenvalue weighted by molar-refractivity contribution is -0.137. The molecule has 1 N–H and O–H groups in total. The van der Waals surface area contributed by atoms with Gasteiger partial charge in [0.25, 0.3) is 0 Å². The van der Waals surface area contributed by atoms with E-state index in [1.165, 1.54) is 50.5 Å². The van der Waals surface area contributed by atoms with Crippen molar-refractivity contribution in [3.05, 3.63) is 42.2 Å². The molecule has 0 saturated heterocycles. The number of benzene rings is 1. The van der Waals surface area contributed by atoms with Crippen LogP contribution in [0.25, 0.3) is 11.4 Å². The quantitative estimate of drug-likeness (QED) is 0.168. The summed E-state index contributed by atoms with van der Waals surface area (Å²) >= 11 is 0. The van der Waals surface area contributed by atoms with E-state index in [0.29, 0.717) is 18.8 Å². The van der Waals surface area contributed by atoms with E-state index in [-0.39, 0.29) is 0 Å². The second kappa shape index (κ2) is 19.7. The van der Waals surface area contributed by atoms with Crippen LogP contribution in [0.4, 0.5) is 0 Å². The van der Waals surface area contributed by atoms with Gasteiger partial charge in [0.2, 0.25) is 0 Å². The number of carboxylic acids is 1. The number of aryl methyl sites for hydroxylation is 1. The minimum atomic E-state index is -0.681. The van der Waals surface area contributed by atoms with E-state index in [2.05, 4.69) is 41.2 Å². The largest absolute Gasteiger partial charge is 0.490 e. The van der Waals surface area contributed by atoms with Crippen molar-refractivity contribution < 1.29 is 19.4 Å². The van der Waals surface area contributed by atoms with Gasteiger partial charge in [-0.1, -0.05) is 82.6 Å². The number of carboxylic acid groups (broad SMARTS) is 1. The lowest BCUT2D eigenvalue weighted by Gasteiger charge is -2.07. The van der Waals surface area contributed by atoms with Gasteiger partial charge in [0, 0.05) is 25.2 Å². The number of carbonyl (C=O) groups is 1. The smallest absolute Gasteiger partial charge is 0.303 e. The number of unbranched alkanes of at least 4 members (excludes halogenated alkanes) is 10. The van der Waals surface area contributed by atoms with E-state index >= 15 is 0 Å². The maximum atomic E-state index is 10.5. The third-order valence-corrected chi connectivity index (χ3v) is 6.29. The molecule has 0 aliphatic carbocycles. The first-order valence-electron chi connectivity index (χ1n) is 14.0. The third-order valence-electron chi connectivity index (χ3n) is 6.29. The van der Waals surface area contributed by atoms with E-state index < -0.39 is 5.97 Å². The molecule has 0 unspecified atom stereocenters. The Kier molecular flexibility index (Phi) is 16.3. The molecule has 0 aliphatic heterocycles. The molecule has 1 aromatic heterocycles. The van der Waals surface area contributed by atoms with Crippen molar-refractivity contribution in [2.45, 2.75) is 103 Å². The van der Waals surface area contributed by atoms with Crippen LogP contribution in [0.5, 0.6) is 5.75 Å². The monoisotopic (exact) mass is 498 g/mol. The predicted octanol–water partition coefficient (Wildman–Crippen LogP) is 7.65. The van der Waals surface area contributed by atoms with Crippen LogP contribution in [0.3, 0.4) is 0 Å². The topological polar surface area (TPSA) is 81.5 Å².